The van der Waals surface area contributed by atoms with E-state index in [9.17, 15) is 4.79 Å². The molecule has 0 spiro atoms. The number of benzene rings is 2. The highest BCUT2D eigenvalue weighted by Gasteiger charge is 2.00. The van der Waals surface area contributed by atoms with E-state index in [0.717, 1.165) is 43.8 Å². The van der Waals surface area contributed by atoms with Gasteiger partial charge in [-0.15, -0.1) is 0 Å². The molecule has 5 nitrogen and oxygen atoms in total. The van der Waals surface area contributed by atoms with Gasteiger partial charge in [0.05, 0.1) is 16.7 Å². The topological polar surface area (TPSA) is 70.1 Å². The van der Waals surface area contributed by atoms with Crippen molar-refractivity contribution in [1.82, 2.24) is 15.4 Å². The molecule has 0 radical (unpaired) electrons. The summed E-state index contributed by atoms with van der Waals surface area (Å²) in [6.45, 7) is 10.1. The molecule has 0 saturated heterocycles. The minimum absolute atomic E-state index is 0.534. The van der Waals surface area contributed by atoms with Crippen LogP contribution in [0.4, 0.5) is 0 Å². The van der Waals surface area contributed by atoms with Crippen LogP contribution >= 0.6 is 23.4 Å². The number of halogens is 1. The maximum absolute atomic E-state index is 10.0. The number of aromatic nitrogens is 2. The molecule has 2 N–H and O–H groups in total. The maximum Gasteiger partial charge on any atom is 0.227 e. The Morgan fingerprint density at radius 1 is 1.24 bits per heavy atom. The number of fused-ring (bicyclic) bond motifs is 1. The van der Waals surface area contributed by atoms with Gasteiger partial charge in [0.25, 0.3) is 0 Å². The number of amides is 1. The number of imidazole rings is 1. The second-order valence-corrected chi connectivity index (χ2v) is 7.77. The predicted molar refractivity (Wildman–Crippen MR) is 126 cm³/mol. The Labute approximate surface area is 182 Å². The maximum atomic E-state index is 10.0. The van der Waals surface area contributed by atoms with Gasteiger partial charge in [-0.1, -0.05) is 68.8 Å². The molecule has 0 aliphatic rings. The molecule has 1 amide bonds. The van der Waals surface area contributed by atoms with Gasteiger partial charge in [-0.25, -0.2) is 10.4 Å². The van der Waals surface area contributed by atoms with Crippen LogP contribution in [0, 0.1) is 6.92 Å². The van der Waals surface area contributed by atoms with E-state index in [4.69, 9.17) is 11.6 Å². The van der Waals surface area contributed by atoms with Gasteiger partial charge in [-0.3, -0.25) is 4.79 Å². The fraction of sp³-hybridized carbons (Fsp3) is 0.318. The van der Waals surface area contributed by atoms with E-state index in [2.05, 4.69) is 41.3 Å². The minimum atomic E-state index is 0.534. The Balaban J connectivity index is 0.000000257. The summed E-state index contributed by atoms with van der Waals surface area (Å²) in [4.78, 5) is 17.7. The van der Waals surface area contributed by atoms with Gasteiger partial charge in [-0.2, -0.15) is 5.10 Å². The molecule has 0 aliphatic carbocycles. The SMILES string of the molecule is C/C(=N/NC=O)c1ccc(Cl)c(C)c1.CCC.CCSc1nc2ccccc2[nH]1. The Morgan fingerprint density at radius 3 is 2.52 bits per heavy atom. The van der Waals surface area contributed by atoms with E-state index >= 15 is 0 Å². The average Bonchev–Trinajstić information content (AvgIpc) is 3.12. The molecular weight excluding hydrogens is 404 g/mol. The summed E-state index contributed by atoms with van der Waals surface area (Å²) in [7, 11) is 0. The summed E-state index contributed by atoms with van der Waals surface area (Å²) in [5, 5.41) is 5.58. The van der Waals surface area contributed by atoms with Crippen LogP contribution in [0.2, 0.25) is 5.02 Å². The molecule has 0 fully saturated rings. The Morgan fingerprint density at radius 2 is 1.93 bits per heavy atom. The fourth-order valence-electron chi connectivity index (χ4n) is 2.19. The number of thioether (sulfide) groups is 1. The second-order valence-electron chi connectivity index (χ2n) is 6.11. The van der Waals surface area contributed by atoms with Gasteiger partial charge in [0.15, 0.2) is 5.16 Å². The van der Waals surface area contributed by atoms with Crippen molar-refractivity contribution in [2.75, 3.05) is 5.75 Å². The Bertz CT molecular complexity index is 891. The Hall–Kier alpha value is -2.31. The van der Waals surface area contributed by atoms with Crippen molar-refractivity contribution in [3.05, 3.63) is 58.6 Å². The van der Waals surface area contributed by atoms with Crippen molar-refractivity contribution >= 4 is 46.5 Å². The number of rotatable bonds is 5. The van der Waals surface area contributed by atoms with Crippen molar-refractivity contribution < 1.29 is 4.79 Å². The van der Waals surface area contributed by atoms with Crippen molar-refractivity contribution in [2.45, 2.75) is 46.2 Å². The van der Waals surface area contributed by atoms with Gasteiger partial charge in [0.2, 0.25) is 6.41 Å². The zero-order chi connectivity index (χ0) is 21.6. The van der Waals surface area contributed by atoms with Gasteiger partial charge < -0.3 is 4.98 Å². The summed E-state index contributed by atoms with van der Waals surface area (Å²) in [6.07, 6.45) is 1.78. The number of aromatic amines is 1. The normalized spacial score (nSPS) is 10.5. The van der Waals surface area contributed by atoms with Crippen molar-refractivity contribution in [3.63, 3.8) is 0 Å². The minimum Gasteiger partial charge on any atom is -0.333 e. The van der Waals surface area contributed by atoms with E-state index in [1.165, 1.54) is 6.42 Å². The van der Waals surface area contributed by atoms with Crippen LogP contribution in [0.25, 0.3) is 11.0 Å². The Kier molecular flexibility index (Phi) is 11.8. The quantitative estimate of drug-likeness (QED) is 0.218. The van der Waals surface area contributed by atoms with Crippen LogP contribution in [0.5, 0.6) is 0 Å². The summed E-state index contributed by atoms with van der Waals surface area (Å²) >= 11 is 7.61. The molecule has 0 aliphatic heterocycles. The van der Waals surface area contributed by atoms with Gasteiger partial charge >= 0.3 is 0 Å². The highest BCUT2D eigenvalue weighted by Crippen LogP contribution is 2.18. The number of H-pyrrole nitrogens is 1. The number of hydrogen-bond donors (Lipinski definition) is 2. The fourth-order valence-corrected chi connectivity index (χ4v) is 2.93. The van der Waals surface area contributed by atoms with Crippen LogP contribution in [-0.2, 0) is 4.79 Å². The van der Waals surface area contributed by atoms with Gasteiger partial charge in [-0.05, 0) is 55.0 Å². The van der Waals surface area contributed by atoms with Crippen LogP contribution in [0.1, 0.15) is 45.2 Å². The zero-order valence-electron chi connectivity index (χ0n) is 17.6. The van der Waals surface area contributed by atoms with E-state index < -0.39 is 0 Å². The standard InChI is InChI=1S/C10H11ClN2O.C9H10N2S.C3H8/c1-7-5-9(3-4-10(7)11)8(2)13-12-6-14;1-2-12-9-10-7-5-3-4-6-8(7)11-9;1-3-2/h3-6H,1-2H3,(H,12,14);3-6H,2H2,1H3,(H,10,11);3H2,1-2H3/b13-8-;;. The lowest BCUT2D eigenvalue weighted by Gasteiger charge is -2.02. The van der Waals surface area contributed by atoms with E-state index in [0.29, 0.717) is 6.41 Å². The van der Waals surface area contributed by atoms with E-state index in [1.807, 2.05) is 56.3 Å². The van der Waals surface area contributed by atoms with Gasteiger partial charge in [0, 0.05) is 5.02 Å². The summed E-state index contributed by atoms with van der Waals surface area (Å²) in [6, 6.07) is 13.7. The highest BCUT2D eigenvalue weighted by molar-refractivity contribution is 7.99. The first-order valence-electron chi connectivity index (χ1n) is 9.54. The molecule has 2 aromatic carbocycles. The molecule has 7 heteroatoms. The molecule has 1 aromatic heterocycles. The lowest BCUT2D eigenvalue weighted by atomic mass is 10.1. The van der Waals surface area contributed by atoms with Crippen LogP contribution < -0.4 is 5.43 Å². The number of hydrazone groups is 1. The summed E-state index contributed by atoms with van der Waals surface area (Å²) in [5.41, 5.74) is 7.11. The molecule has 0 bridgehead atoms. The molecule has 0 atom stereocenters. The molecule has 29 heavy (non-hydrogen) atoms. The first-order valence-corrected chi connectivity index (χ1v) is 10.9. The number of para-hydroxylation sites is 2. The van der Waals surface area contributed by atoms with E-state index in [-0.39, 0.29) is 0 Å². The van der Waals surface area contributed by atoms with Crippen molar-refractivity contribution in [1.29, 1.82) is 0 Å². The molecule has 0 unspecified atom stereocenters. The third-order valence-corrected chi connectivity index (χ3v) is 4.69. The first kappa shape index (κ1) is 24.7. The van der Waals surface area contributed by atoms with Crippen LogP contribution in [0.3, 0.4) is 0 Å². The third-order valence-electron chi connectivity index (χ3n) is 3.51. The molecule has 3 rings (SSSR count). The smallest absolute Gasteiger partial charge is 0.227 e. The number of hydrogen-bond acceptors (Lipinski definition) is 4. The number of nitrogens with one attached hydrogen (secondary N) is 2. The van der Waals surface area contributed by atoms with Gasteiger partial charge in [0.1, 0.15) is 0 Å². The monoisotopic (exact) mass is 432 g/mol. The van der Waals surface area contributed by atoms with Crippen LogP contribution in [0.15, 0.2) is 52.7 Å². The predicted octanol–water partition coefficient (Wildman–Crippen LogP) is 6.21. The molecule has 0 saturated carbocycles. The molecule has 156 valence electrons. The molecule has 3 aromatic rings. The lowest BCUT2D eigenvalue weighted by Crippen LogP contribution is -2.06. The lowest BCUT2D eigenvalue weighted by molar-refractivity contribution is -0.109. The van der Waals surface area contributed by atoms with Crippen LogP contribution in [-0.4, -0.2) is 27.8 Å². The molecule has 1 heterocycles. The summed E-state index contributed by atoms with van der Waals surface area (Å²) < 4.78 is 0. The number of carbonyl (C=O) groups is 1. The number of carbonyl (C=O) groups excluding carboxylic acids is 1. The van der Waals surface area contributed by atoms with E-state index in [1.54, 1.807) is 11.8 Å². The molecular formula is C22H29ClN4OS. The largest absolute Gasteiger partial charge is 0.333 e. The average molecular weight is 433 g/mol. The first-order chi connectivity index (χ1) is 14.0. The van der Waals surface area contributed by atoms with Crippen molar-refractivity contribution in [3.8, 4) is 0 Å². The highest BCUT2D eigenvalue weighted by atomic mass is 35.5. The number of aryl methyl sites for hydroxylation is 1. The van der Waals surface area contributed by atoms with Crippen molar-refractivity contribution in [2.24, 2.45) is 5.10 Å². The summed E-state index contributed by atoms with van der Waals surface area (Å²) in [5.74, 6) is 1.06. The third kappa shape index (κ3) is 8.71. The zero-order valence-corrected chi connectivity index (χ0v) is 19.2. The number of nitrogens with zero attached hydrogens (tertiary/aromatic N) is 2. The second kappa shape index (κ2) is 13.8.